The van der Waals surface area contributed by atoms with Crippen molar-refractivity contribution < 1.29 is 32.6 Å². The Labute approximate surface area is 126 Å². The number of Topliss-reactive ketones (excluding diaryl/α,β-unsaturated/α-hetero) is 1. The molecule has 1 aromatic carbocycles. The highest BCUT2D eigenvalue weighted by Crippen LogP contribution is 2.38. The first kappa shape index (κ1) is 17.2. The number of ether oxygens (including phenoxy) is 1. The predicted octanol–water partition coefficient (Wildman–Crippen LogP) is 3.71. The monoisotopic (exact) mass is 366 g/mol. The van der Waals surface area contributed by atoms with Crippen LogP contribution in [0.25, 0.3) is 6.08 Å². The molecular formula is C13H10BrF3O4. The molecule has 0 bridgehead atoms. The SMILES string of the molecule is CC(=O)C(Br)c1c(C=CC(=O)O)cccc1OC(F)(F)F. The van der Waals surface area contributed by atoms with E-state index in [1.165, 1.54) is 19.1 Å². The molecule has 0 spiro atoms. The zero-order valence-electron chi connectivity index (χ0n) is 10.6. The second-order valence-corrected chi connectivity index (χ2v) is 4.87. The van der Waals surface area contributed by atoms with Crippen molar-refractivity contribution in [2.75, 3.05) is 0 Å². The normalized spacial score (nSPS) is 13.2. The van der Waals surface area contributed by atoms with E-state index < -0.39 is 28.7 Å². The van der Waals surface area contributed by atoms with Crippen LogP contribution in [0, 0.1) is 0 Å². The maximum Gasteiger partial charge on any atom is 0.573 e. The summed E-state index contributed by atoms with van der Waals surface area (Å²) < 4.78 is 41.1. The van der Waals surface area contributed by atoms with E-state index in [-0.39, 0.29) is 11.1 Å². The number of benzene rings is 1. The van der Waals surface area contributed by atoms with Gasteiger partial charge in [0.15, 0.2) is 0 Å². The molecular weight excluding hydrogens is 357 g/mol. The summed E-state index contributed by atoms with van der Waals surface area (Å²) in [6.07, 6.45) is -3.07. The Hall–Kier alpha value is -1.83. The van der Waals surface area contributed by atoms with Gasteiger partial charge < -0.3 is 9.84 Å². The molecule has 1 N–H and O–H groups in total. The first-order valence-corrected chi connectivity index (χ1v) is 6.47. The van der Waals surface area contributed by atoms with Crippen molar-refractivity contribution in [1.82, 2.24) is 0 Å². The van der Waals surface area contributed by atoms with Gasteiger partial charge in [-0.1, -0.05) is 28.1 Å². The minimum atomic E-state index is -4.92. The van der Waals surface area contributed by atoms with Gasteiger partial charge in [0.25, 0.3) is 0 Å². The first-order chi connectivity index (χ1) is 9.61. The number of alkyl halides is 4. The number of carboxylic acids is 1. The third-order valence-corrected chi connectivity index (χ3v) is 3.44. The Morgan fingerprint density at radius 3 is 2.48 bits per heavy atom. The number of carbonyl (C=O) groups is 2. The molecule has 1 rings (SSSR count). The third-order valence-electron chi connectivity index (χ3n) is 2.34. The smallest absolute Gasteiger partial charge is 0.478 e. The lowest BCUT2D eigenvalue weighted by Crippen LogP contribution is -2.19. The summed E-state index contributed by atoms with van der Waals surface area (Å²) in [6, 6.07) is 3.71. The maximum absolute atomic E-state index is 12.4. The molecule has 0 aromatic heterocycles. The van der Waals surface area contributed by atoms with Crippen molar-refractivity contribution in [2.24, 2.45) is 0 Å². The van der Waals surface area contributed by atoms with E-state index in [0.29, 0.717) is 0 Å². The van der Waals surface area contributed by atoms with Crippen LogP contribution in [0.5, 0.6) is 5.75 Å². The van der Waals surface area contributed by atoms with Gasteiger partial charge in [-0.05, 0) is 24.6 Å². The molecule has 0 fully saturated rings. The van der Waals surface area contributed by atoms with Crippen molar-refractivity contribution in [1.29, 1.82) is 0 Å². The standard InChI is InChI=1S/C13H10BrF3O4/c1-7(18)12(14)11-8(5-6-10(19)20)3-2-4-9(11)21-13(15,16)17/h2-6,12H,1H3,(H,19,20). The largest absolute Gasteiger partial charge is 0.573 e. The molecule has 4 nitrogen and oxygen atoms in total. The lowest BCUT2D eigenvalue weighted by Gasteiger charge is -2.17. The Kier molecular flexibility index (Phi) is 5.54. The highest BCUT2D eigenvalue weighted by Gasteiger charge is 2.33. The molecule has 1 aromatic rings. The number of ketones is 1. The van der Waals surface area contributed by atoms with Crippen LogP contribution in [-0.4, -0.2) is 23.2 Å². The Morgan fingerprint density at radius 2 is 2.00 bits per heavy atom. The highest BCUT2D eigenvalue weighted by molar-refractivity contribution is 9.09. The lowest BCUT2D eigenvalue weighted by molar-refractivity contribution is -0.274. The number of hydrogen-bond donors (Lipinski definition) is 1. The molecule has 0 saturated heterocycles. The van der Waals surface area contributed by atoms with E-state index in [2.05, 4.69) is 20.7 Å². The van der Waals surface area contributed by atoms with Crippen LogP contribution >= 0.6 is 15.9 Å². The van der Waals surface area contributed by atoms with Crippen molar-refractivity contribution in [2.45, 2.75) is 18.1 Å². The van der Waals surface area contributed by atoms with E-state index in [1.54, 1.807) is 0 Å². The molecule has 1 unspecified atom stereocenters. The summed E-state index contributed by atoms with van der Waals surface area (Å²) >= 11 is 2.99. The second kappa shape index (κ2) is 6.75. The maximum atomic E-state index is 12.4. The average Bonchev–Trinajstić information content (AvgIpc) is 2.33. The zero-order valence-corrected chi connectivity index (χ0v) is 12.2. The molecule has 1 atom stereocenters. The number of aliphatic carboxylic acids is 1. The van der Waals surface area contributed by atoms with Crippen molar-refractivity contribution in [3.8, 4) is 5.75 Å². The summed E-state index contributed by atoms with van der Waals surface area (Å²) in [5, 5.41) is 8.59. The Morgan fingerprint density at radius 1 is 1.38 bits per heavy atom. The van der Waals surface area contributed by atoms with Gasteiger partial charge in [0.05, 0.1) is 0 Å². The molecule has 0 radical (unpaired) electrons. The van der Waals surface area contributed by atoms with Gasteiger partial charge >= 0.3 is 12.3 Å². The van der Waals surface area contributed by atoms with Gasteiger partial charge in [-0.3, -0.25) is 4.79 Å². The minimum absolute atomic E-state index is 0.0835. The van der Waals surface area contributed by atoms with E-state index in [0.717, 1.165) is 18.2 Å². The summed E-state index contributed by atoms with van der Waals surface area (Å²) in [6.45, 7) is 1.19. The fourth-order valence-electron chi connectivity index (χ4n) is 1.56. The number of rotatable bonds is 5. The first-order valence-electron chi connectivity index (χ1n) is 5.56. The quantitative estimate of drug-likeness (QED) is 0.637. The van der Waals surface area contributed by atoms with Crippen LogP contribution in [-0.2, 0) is 9.59 Å². The second-order valence-electron chi connectivity index (χ2n) is 3.95. The third kappa shape index (κ3) is 5.22. The molecule has 114 valence electrons. The van der Waals surface area contributed by atoms with E-state index >= 15 is 0 Å². The number of halogens is 4. The minimum Gasteiger partial charge on any atom is -0.478 e. The van der Waals surface area contributed by atoms with E-state index in [4.69, 9.17) is 5.11 Å². The summed E-state index contributed by atoms with van der Waals surface area (Å²) in [5.74, 6) is -2.28. The van der Waals surface area contributed by atoms with Crippen LogP contribution in [0.1, 0.15) is 22.9 Å². The summed E-state index contributed by atoms with van der Waals surface area (Å²) in [7, 11) is 0. The van der Waals surface area contributed by atoms with Crippen molar-refractivity contribution in [3.05, 3.63) is 35.4 Å². The molecule has 0 heterocycles. The van der Waals surface area contributed by atoms with Gasteiger partial charge in [0.1, 0.15) is 16.4 Å². The lowest BCUT2D eigenvalue weighted by atomic mass is 10.0. The van der Waals surface area contributed by atoms with Gasteiger partial charge in [-0.25, -0.2) is 4.79 Å². The Balaban J connectivity index is 3.40. The number of hydrogen-bond acceptors (Lipinski definition) is 3. The molecule has 0 aliphatic heterocycles. The highest BCUT2D eigenvalue weighted by atomic mass is 79.9. The van der Waals surface area contributed by atoms with Crippen LogP contribution in [0.2, 0.25) is 0 Å². The number of carbonyl (C=O) groups excluding carboxylic acids is 1. The molecule has 21 heavy (non-hydrogen) atoms. The fraction of sp³-hybridized carbons (Fsp3) is 0.231. The molecule has 0 amide bonds. The molecule has 0 aliphatic carbocycles. The fourth-order valence-corrected chi connectivity index (χ4v) is 2.05. The van der Waals surface area contributed by atoms with Crippen molar-refractivity contribution >= 4 is 33.8 Å². The predicted molar refractivity (Wildman–Crippen MR) is 72.1 cm³/mol. The van der Waals surface area contributed by atoms with Gasteiger partial charge in [-0.2, -0.15) is 0 Å². The van der Waals surface area contributed by atoms with E-state index in [1.807, 2.05) is 0 Å². The van der Waals surface area contributed by atoms with Gasteiger partial charge in [-0.15, -0.1) is 13.2 Å². The average molecular weight is 367 g/mol. The molecule has 0 aliphatic rings. The van der Waals surface area contributed by atoms with Crippen LogP contribution in [0.15, 0.2) is 24.3 Å². The van der Waals surface area contributed by atoms with Crippen LogP contribution in [0.4, 0.5) is 13.2 Å². The van der Waals surface area contributed by atoms with Gasteiger partial charge in [0, 0.05) is 11.6 Å². The van der Waals surface area contributed by atoms with Crippen LogP contribution in [0.3, 0.4) is 0 Å². The van der Waals surface area contributed by atoms with Crippen LogP contribution < -0.4 is 4.74 Å². The topological polar surface area (TPSA) is 63.6 Å². The molecule has 8 heteroatoms. The van der Waals surface area contributed by atoms with Crippen molar-refractivity contribution in [3.63, 3.8) is 0 Å². The molecule has 0 saturated carbocycles. The summed E-state index contributed by atoms with van der Waals surface area (Å²) in [5.41, 5.74) is 0.0519. The Bertz CT molecular complexity index is 581. The van der Waals surface area contributed by atoms with Gasteiger partial charge in [0.2, 0.25) is 0 Å². The summed E-state index contributed by atoms with van der Waals surface area (Å²) in [4.78, 5) is 20.9. The van der Waals surface area contributed by atoms with E-state index in [9.17, 15) is 22.8 Å². The number of carboxylic acid groups (broad SMARTS) is 1. The zero-order chi connectivity index (χ0) is 16.2.